The Kier molecular flexibility index (Phi) is 6.88. The van der Waals surface area contributed by atoms with Crippen molar-refractivity contribution in [3.05, 3.63) is 71.9 Å². The zero-order valence-corrected chi connectivity index (χ0v) is 19.8. The van der Waals surface area contributed by atoms with Gasteiger partial charge in [0.2, 0.25) is 15.9 Å². The molecule has 1 fully saturated rings. The van der Waals surface area contributed by atoms with Crippen LogP contribution in [0.2, 0.25) is 0 Å². The number of pyridine rings is 1. The number of halogens is 3. The lowest BCUT2D eigenvalue weighted by atomic mass is 10.1. The van der Waals surface area contributed by atoms with E-state index in [2.05, 4.69) is 4.98 Å². The van der Waals surface area contributed by atoms with E-state index in [-0.39, 0.29) is 36.2 Å². The number of rotatable bonds is 7. The number of amides is 1. The first-order valence-corrected chi connectivity index (χ1v) is 13.0. The van der Waals surface area contributed by atoms with Crippen LogP contribution in [0, 0.1) is 0 Å². The summed E-state index contributed by atoms with van der Waals surface area (Å²) in [6.07, 6.45) is -2.97. The summed E-state index contributed by atoms with van der Waals surface area (Å²) in [5.41, 5.74) is -0.0703. The fourth-order valence-electron chi connectivity index (χ4n) is 3.93. The average molecular weight is 510 g/mol. The SMILES string of the molecule is CCN(CCN1C(=O)CSC1c1cccc(C(F)(F)F)c1)S(=O)(=O)c1cccc2cccnc12. The summed E-state index contributed by atoms with van der Waals surface area (Å²) in [4.78, 5) is 18.3. The molecule has 1 unspecified atom stereocenters. The Hall–Kier alpha value is -2.63. The van der Waals surface area contributed by atoms with Crippen LogP contribution in [0.1, 0.15) is 23.4 Å². The smallest absolute Gasteiger partial charge is 0.325 e. The van der Waals surface area contributed by atoms with Gasteiger partial charge in [0.1, 0.15) is 10.3 Å². The number of likely N-dealkylation sites (N-methyl/N-ethyl adjacent to an activating group) is 1. The van der Waals surface area contributed by atoms with E-state index in [0.717, 1.165) is 12.1 Å². The molecule has 4 rings (SSSR count). The number of benzene rings is 2. The Labute approximate surface area is 199 Å². The van der Waals surface area contributed by atoms with E-state index in [9.17, 15) is 26.4 Å². The van der Waals surface area contributed by atoms with Crippen molar-refractivity contribution in [2.24, 2.45) is 0 Å². The molecule has 1 aliphatic rings. The van der Waals surface area contributed by atoms with Gasteiger partial charge in [-0.3, -0.25) is 9.78 Å². The van der Waals surface area contributed by atoms with Crippen LogP contribution >= 0.6 is 11.8 Å². The molecule has 0 N–H and O–H groups in total. The van der Waals surface area contributed by atoms with E-state index in [1.165, 1.54) is 39.3 Å². The number of fused-ring (bicyclic) bond motifs is 1. The Morgan fingerprint density at radius 3 is 2.62 bits per heavy atom. The number of nitrogens with zero attached hydrogens (tertiary/aromatic N) is 3. The van der Waals surface area contributed by atoms with E-state index >= 15 is 0 Å². The van der Waals surface area contributed by atoms with Crippen LogP contribution in [0.3, 0.4) is 0 Å². The molecule has 1 amide bonds. The molecule has 2 aromatic carbocycles. The van der Waals surface area contributed by atoms with Crippen LogP contribution in [0.4, 0.5) is 13.2 Å². The lowest BCUT2D eigenvalue weighted by molar-refractivity contribution is -0.137. The summed E-state index contributed by atoms with van der Waals surface area (Å²) < 4.78 is 67.6. The number of hydrogen-bond donors (Lipinski definition) is 0. The number of alkyl halides is 3. The summed E-state index contributed by atoms with van der Waals surface area (Å²) >= 11 is 1.23. The van der Waals surface area contributed by atoms with Gasteiger partial charge in [-0.05, 0) is 29.8 Å². The first-order chi connectivity index (χ1) is 16.1. The Morgan fingerprint density at radius 1 is 1.15 bits per heavy atom. The van der Waals surface area contributed by atoms with Crippen molar-refractivity contribution in [1.82, 2.24) is 14.2 Å². The number of carbonyl (C=O) groups is 1. The largest absolute Gasteiger partial charge is 0.416 e. The predicted octanol–water partition coefficient (Wildman–Crippen LogP) is 4.54. The van der Waals surface area contributed by atoms with Gasteiger partial charge in [-0.15, -0.1) is 11.8 Å². The van der Waals surface area contributed by atoms with E-state index in [1.807, 2.05) is 0 Å². The van der Waals surface area contributed by atoms with Gasteiger partial charge < -0.3 is 4.90 Å². The van der Waals surface area contributed by atoms with Crippen LogP contribution in [0.25, 0.3) is 10.9 Å². The highest BCUT2D eigenvalue weighted by atomic mass is 32.2. The molecule has 0 saturated carbocycles. The average Bonchev–Trinajstić information content (AvgIpc) is 3.18. The van der Waals surface area contributed by atoms with Crippen molar-refractivity contribution >= 4 is 38.6 Å². The predicted molar refractivity (Wildman–Crippen MR) is 125 cm³/mol. The first-order valence-electron chi connectivity index (χ1n) is 10.5. The molecule has 3 aromatic rings. The molecule has 0 bridgehead atoms. The van der Waals surface area contributed by atoms with Gasteiger partial charge in [0.15, 0.2) is 0 Å². The molecule has 1 saturated heterocycles. The molecule has 34 heavy (non-hydrogen) atoms. The third-order valence-corrected chi connectivity index (χ3v) is 8.89. The highest BCUT2D eigenvalue weighted by Gasteiger charge is 2.36. The van der Waals surface area contributed by atoms with Crippen molar-refractivity contribution < 1.29 is 26.4 Å². The third-order valence-electron chi connectivity index (χ3n) is 5.62. The Morgan fingerprint density at radius 2 is 1.88 bits per heavy atom. The second kappa shape index (κ2) is 9.55. The van der Waals surface area contributed by atoms with Gasteiger partial charge in [0.05, 0.1) is 16.8 Å². The minimum atomic E-state index is -4.49. The molecule has 11 heteroatoms. The van der Waals surface area contributed by atoms with Gasteiger partial charge in [0.25, 0.3) is 0 Å². The number of aromatic nitrogens is 1. The minimum absolute atomic E-state index is 0.00379. The molecular formula is C23H22F3N3O3S2. The van der Waals surface area contributed by atoms with Crippen LogP contribution in [0.15, 0.2) is 65.7 Å². The van der Waals surface area contributed by atoms with Crippen molar-refractivity contribution in [2.45, 2.75) is 23.4 Å². The van der Waals surface area contributed by atoms with Gasteiger partial charge in [-0.2, -0.15) is 17.5 Å². The third kappa shape index (κ3) is 4.77. The second-order valence-electron chi connectivity index (χ2n) is 7.70. The second-order valence-corrected chi connectivity index (χ2v) is 10.7. The molecule has 1 aromatic heterocycles. The number of para-hydroxylation sites is 1. The van der Waals surface area contributed by atoms with E-state index < -0.39 is 27.1 Å². The van der Waals surface area contributed by atoms with Crippen molar-refractivity contribution in [2.75, 3.05) is 25.4 Å². The molecule has 0 aliphatic carbocycles. The maximum Gasteiger partial charge on any atom is 0.416 e. The molecule has 0 radical (unpaired) electrons. The van der Waals surface area contributed by atoms with Crippen molar-refractivity contribution in [1.29, 1.82) is 0 Å². The number of thioether (sulfide) groups is 1. The topological polar surface area (TPSA) is 70.6 Å². The fraction of sp³-hybridized carbons (Fsp3) is 0.304. The summed E-state index contributed by atoms with van der Waals surface area (Å²) in [6, 6.07) is 13.3. The van der Waals surface area contributed by atoms with Crippen LogP contribution < -0.4 is 0 Å². The molecule has 1 aliphatic heterocycles. The van der Waals surface area contributed by atoms with E-state index in [1.54, 1.807) is 37.3 Å². The molecule has 0 spiro atoms. The fourth-order valence-corrected chi connectivity index (χ4v) is 6.75. The molecule has 180 valence electrons. The Balaban J connectivity index is 1.57. The Bertz CT molecular complexity index is 1310. The molecule has 6 nitrogen and oxygen atoms in total. The van der Waals surface area contributed by atoms with Gasteiger partial charge in [-0.25, -0.2) is 8.42 Å². The first kappa shape index (κ1) is 24.5. The zero-order valence-electron chi connectivity index (χ0n) is 18.2. The summed E-state index contributed by atoms with van der Waals surface area (Å²) in [7, 11) is -3.92. The summed E-state index contributed by atoms with van der Waals surface area (Å²) in [6.45, 7) is 1.91. The lowest BCUT2D eigenvalue weighted by Crippen LogP contribution is -2.40. The number of sulfonamides is 1. The molecular weight excluding hydrogens is 487 g/mol. The minimum Gasteiger partial charge on any atom is -0.325 e. The van der Waals surface area contributed by atoms with Gasteiger partial charge in [0, 0.05) is 31.2 Å². The van der Waals surface area contributed by atoms with Crippen LogP contribution in [-0.4, -0.2) is 53.9 Å². The van der Waals surface area contributed by atoms with Crippen LogP contribution in [0.5, 0.6) is 0 Å². The number of carbonyl (C=O) groups excluding carboxylic acids is 1. The highest BCUT2D eigenvalue weighted by molar-refractivity contribution is 8.00. The quantitative estimate of drug-likeness (QED) is 0.468. The lowest BCUT2D eigenvalue weighted by Gasteiger charge is -2.28. The van der Waals surface area contributed by atoms with Crippen molar-refractivity contribution in [3.8, 4) is 0 Å². The number of hydrogen-bond acceptors (Lipinski definition) is 5. The monoisotopic (exact) mass is 509 g/mol. The van der Waals surface area contributed by atoms with E-state index in [0.29, 0.717) is 16.5 Å². The maximum absolute atomic E-state index is 13.4. The van der Waals surface area contributed by atoms with Crippen molar-refractivity contribution in [3.63, 3.8) is 0 Å². The van der Waals surface area contributed by atoms with Crippen LogP contribution in [-0.2, 0) is 21.0 Å². The molecule has 1 atom stereocenters. The highest BCUT2D eigenvalue weighted by Crippen LogP contribution is 2.40. The zero-order chi connectivity index (χ0) is 24.5. The van der Waals surface area contributed by atoms with E-state index in [4.69, 9.17) is 0 Å². The van der Waals surface area contributed by atoms with Gasteiger partial charge >= 0.3 is 6.18 Å². The summed E-state index contributed by atoms with van der Waals surface area (Å²) in [5, 5.41) is 0.0748. The molecule has 2 heterocycles. The normalized spacial score (nSPS) is 17.1. The maximum atomic E-state index is 13.4. The standard InChI is InChI=1S/C23H22F3N3O3S2/c1-2-28(34(31,32)19-10-4-6-16-8-5-11-27-21(16)19)12-13-29-20(30)15-33-22(29)17-7-3-9-18(14-17)23(24,25)26/h3-11,14,22H,2,12-13,15H2,1H3. The summed E-state index contributed by atoms with van der Waals surface area (Å²) in [5.74, 6) is -0.125. The van der Waals surface area contributed by atoms with Gasteiger partial charge in [-0.1, -0.05) is 37.3 Å².